The molecule has 0 radical (unpaired) electrons. The van der Waals surface area contributed by atoms with E-state index in [-0.39, 0.29) is 11.9 Å². The molecule has 0 atom stereocenters. The minimum atomic E-state index is -0.364. The Balaban J connectivity index is 1.40. The topological polar surface area (TPSA) is 38.2 Å². The molecule has 0 spiro atoms. The molecule has 168 valence electrons. The van der Waals surface area contributed by atoms with Crippen molar-refractivity contribution in [3.05, 3.63) is 82.6 Å². The predicted octanol–water partition coefficient (Wildman–Crippen LogP) is 6.75. The average molecular weight is 462 g/mol. The van der Waals surface area contributed by atoms with Gasteiger partial charge in [-0.3, -0.25) is 0 Å². The molecule has 0 amide bonds. The summed E-state index contributed by atoms with van der Waals surface area (Å²) in [6.07, 6.45) is 1.67. The van der Waals surface area contributed by atoms with Crippen molar-refractivity contribution in [1.82, 2.24) is 10.2 Å². The van der Waals surface area contributed by atoms with Crippen molar-refractivity contribution in [2.24, 2.45) is 0 Å². The first-order valence-electron chi connectivity index (χ1n) is 11.2. The van der Waals surface area contributed by atoms with Crippen LogP contribution in [0.2, 0.25) is 5.02 Å². The van der Waals surface area contributed by atoms with Crippen molar-refractivity contribution >= 4 is 28.2 Å². The van der Waals surface area contributed by atoms with Crippen molar-refractivity contribution in [3.8, 4) is 17.0 Å². The predicted molar refractivity (Wildman–Crippen MR) is 132 cm³/mol. The van der Waals surface area contributed by atoms with Gasteiger partial charge in [0.2, 0.25) is 0 Å². The molecule has 0 N–H and O–H groups in total. The molecule has 2 heterocycles. The zero-order valence-electron chi connectivity index (χ0n) is 18.7. The summed E-state index contributed by atoms with van der Waals surface area (Å²) in [6.45, 7) is 5.82. The fourth-order valence-electron chi connectivity index (χ4n) is 4.63. The van der Waals surface area contributed by atoms with E-state index in [1.165, 1.54) is 23.3 Å². The second kappa shape index (κ2) is 8.99. The molecule has 5 rings (SSSR count). The lowest BCUT2D eigenvalue weighted by Gasteiger charge is -2.33. The van der Waals surface area contributed by atoms with Crippen LogP contribution in [0.4, 0.5) is 10.2 Å². The van der Waals surface area contributed by atoms with Crippen LogP contribution in [0.1, 0.15) is 24.0 Å². The van der Waals surface area contributed by atoms with Crippen molar-refractivity contribution in [2.45, 2.75) is 32.8 Å². The molecule has 33 heavy (non-hydrogen) atoms. The Hall–Kier alpha value is -3.18. The first-order chi connectivity index (χ1) is 16.0. The molecule has 1 saturated heterocycles. The fraction of sp³-hybridized carbons (Fsp3) is 0.259. The molecule has 1 aromatic heterocycles. The van der Waals surface area contributed by atoms with Crippen LogP contribution in [0.25, 0.3) is 22.0 Å². The molecular formula is C27H25ClFN3O. The first kappa shape index (κ1) is 21.7. The Kier molecular flexibility index (Phi) is 5.90. The number of nitrogens with zero attached hydrogens (tertiary/aromatic N) is 3. The van der Waals surface area contributed by atoms with E-state index in [2.05, 4.69) is 55.1 Å². The lowest BCUT2D eigenvalue weighted by Crippen LogP contribution is -2.39. The van der Waals surface area contributed by atoms with Gasteiger partial charge in [0.25, 0.3) is 0 Å². The van der Waals surface area contributed by atoms with E-state index in [9.17, 15) is 4.39 Å². The van der Waals surface area contributed by atoms with Gasteiger partial charge in [0.15, 0.2) is 5.82 Å². The van der Waals surface area contributed by atoms with E-state index in [4.69, 9.17) is 26.5 Å². The number of aryl methyl sites for hydroxylation is 2. The van der Waals surface area contributed by atoms with Crippen LogP contribution in [0, 0.1) is 19.7 Å². The summed E-state index contributed by atoms with van der Waals surface area (Å²) in [5.74, 6) is 1.07. The molecule has 0 saturated carbocycles. The summed E-state index contributed by atoms with van der Waals surface area (Å²) in [4.78, 5) is 2.27. The molecule has 0 bridgehead atoms. The van der Waals surface area contributed by atoms with E-state index in [1.807, 2.05) is 6.07 Å². The Morgan fingerprint density at radius 3 is 2.30 bits per heavy atom. The second-order valence-electron chi connectivity index (χ2n) is 8.56. The average Bonchev–Trinajstić information content (AvgIpc) is 2.81. The summed E-state index contributed by atoms with van der Waals surface area (Å²) < 4.78 is 19.4. The van der Waals surface area contributed by atoms with Crippen LogP contribution in [0.15, 0.2) is 60.7 Å². The SMILES string of the molecule is Cc1cccc(C)c1-c1nnc(N2CCC(Oc3ccc(F)cc3Cl)CC2)c2ccccc12. The van der Waals surface area contributed by atoms with E-state index in [1.54, 1.807) is 6.07 Å². The summed E-state index contributed by atoms with van der Waals surface area (Å²) >= 11 is 6.13. The smallest absolute Gasteiger partial charge is 0.159 e. The molecule has 0 aliphatic carbocycles. The highest BCUT2D eigenvalue weighted by Gasteiger charge is 2.25. The molecular weight excluding hydrogens is 437 g/mol. The largest absolute Gasteiger partial charge is 0.489 e. The standard InChI is InChI=1S/C27H25ClFN3O/c1-17-6-5-7-18(2)25(17)26-21-8-3-4-9-22(21)27(31-30-26)32-14-12-20(13-15-32)33-24-11-10-19(29)16-23(24)28/h3-11,16,20H,12-15H2,1-2H3. The van der Waals surface area contributed by atoms with Crippen LogP contribution in [0.3, 0.4) is 0 Å². The van der Waals surface area contributed by atoms with Crippen LogP contribution >= 0.6 is 11.6 Å². The van der Waals surface area contributed by atoms with Gasteiger partial charge in [-0.15, -0.1) is 10.2 Å². The summed E-state index contributed by atoms with van der Waals surface area (Å²) in [6, 6.07) is 18.9. The minimum Gasteiger partial charge on any atom is -0.489 e. The molecule has 1 fully saturated rings. The van der Waals surface area contributed by atoms with Crippen LogP contribution in [-0.4, -0.2) is 29.4 Å². The van der Waals surface area contributed by atoms with Crippen LogP contribution in [-0.2, 0) is 0 Å². The van der Waals surface area contributed by atoms with E-state index in [0.717, 1.165) is 53.8 Å². The monoisotopic (exact) mass is 461 g/mol. The molecule has 6 heteroatoms. The van der Waals surface area contributed by atoms with Crippen molar-refractivity contribution in [3.63, 3.8) is 0 Å². The summed E-state index contributed by atoms with van der Waals surface area (Å²) in [7, 11) is 0. The van der Waals surface area contributed by atoms with Crippen LogP contribution in [0.5, 0.6) is 5.75 Å². The number of anilines is 1. The number of ether oxygens (including phenoxy) is 1. The van der Waals surface area contributed by atoms with Crippen molar-refractivity contribution < 1.29 is 9.13 Å². The lowest BCUT2D eigenvalue weighted by atomic mass is 9.96. The number of benzene rings is 3. The lowest BCUT2D eigenvalue weighted by molar-refractivity contribution is 0.170. The van der Waals surface area contributed by atoms with Crippen LogP contribution < -0.4 is 9.64 Å². The highest BCUT2D eigenvalue weighted by Crippen LogP contribution is 2.35. The van der Waals surface area contributed by atoms with Gasteiger partial charge in [-0.1, -0.05) is 54.1 Å². The van der Waals surface area contributed by atoms with Gasteiger partial charge >= 0.3 is 0 Å². The molecule has 4 aromatic rings. The minimum absolute atomic E-state index is 0.0253. The Bertz CT molecular complexity index is 1300. The number of hydrogen-bond donors (Lipinski definition) is 0. The zero-order valence-corrected chi connectivity index (χ0v) is 19.4. The molecule has 1 aliphatic heterocycles. The quantitative estimate of drug-likeness (QED) is 0.336. The van der Waals surface area contributed by atoms with Gasteiger partial charge in [-0.25, -0.2) is 4.39 Å². The van der Waals surface area contributed by atoms with Gasteiger partial charge in [0, 0.05) is 42.3 Å². The molecule has 4 nitrogen and oxygen atoms in total. The van der Waals surface area contributed by atoms with Gasteiger partial charge in [-0.2, -0.15) is 0 Å². The molecule has 0 unspecified atom stereocenters. The maximum Gasteiger partial charge on any atom is 0.159 e. The highest BCUT2D eigenvalue weighted by molar-refractivity contribution is 6.32. The molecule has 1 aliphatic rings. The first-order valence-corrected chi connectivity index (χ1v) is 11.6. The number of aromatic nitrogens is 2. The molecule has 3 aromatic carbocycles. The maximum atomic E-state index is 13.3. The van der Waals surface area contributed by atoms with E-state index >= 15 is 0 Å². The van der Waals surface area contributed by atoms with Gasteiger partial charge in [0.1, 0.15) is 23.4 Å². The van der Waals surface area contributed by atoms with Gasteiger partial charge in [0.05, 0.1) is 5.02 Å². The van der Waals surface area contributed by atoms with Crippen molar-refractivity contribution in [2.75, 3.05) is 18.0 Å². The zero-order chi connectivity index (χ0) is 22.9. The number of hydrogen-bond acceptors (Lipinski definition) is 4. The number of rotatable bonds is 4. The second-order valence-corrected chi connectivity index (χ2v) is 8.97. The Morgan fingerprint density at radius 2 is 1.61 bits per heavy atom. The fourth-order valence-corrected chi connectivity index (χ4v) is 4.84. The van der Waals surface area contributed by atoms with Gasteiger partial charge < -0.3 is 9.64 Å². The number of piperidine rings is 1. The third-order valence-electron chi connectivity index (χ3n) is 6.31. The summed E-state index contributed by atoms with van der Waals surface area (Å²) in [5, 5.41) is 11.9. The maximum absolute atomic E-state index is 13.3. The third-order valence-corrected chi connectivity index (χ3v) is 6.61. The number of halogens is 2. The van der Waals surface area contributed by atoms with E-state index in [0.29, 0.717) is 10.8 Å². The number of fused-ring (bicyclic) bond motifs is 1. The van der Waals surface area contributed by atoms with Gasteiger partial charge in [-0.05, 0) is 43.2 Å². The summed E-state index contributed by atoms with van der Waals surface area (Å²) in [5.41, 5.74) is 4.46. The third kappa shape index (κ3) is 4.25. The highest BCUT2D eigenvalue weighted by atomic mass is 35.5. The van der Waals surface area contributed by atoms with Crippen molar-refractivity contribution in [1.29, 1.82) is 0 Å². The normalized spacial score (nSPS) is 14.6. The Labute approximate surface area is 198 Å². The Morgan fingerprint density at radius 1 is 0.909 bits per heavy atom. The van der Waals surface area contributed by atoms with E-state index < -0.39 is 0 Å².